The Bertz CT molecular complexity index is 1010. The van der Waals surface area contributed by atoms with Crippen LogP contribution in [0.25, 0.3) is 0 Å². The van der Waals surface area contributed by atoms with E-state index in [-0.39, 0.29) is 24.0 Å². The first-order chi connectivity index (χ1) is 14.8. The number of rotatable bonds is 7. The number of ether oxygens (including phenoxy) is 2. The van der Waals surface area contributed by atoms with E-state index in [9.17, 15) is 13.2 Å². The van der Waals surface area contributed by atoms with Crippen molar-refractivity contribution in [1.29, 1.82) is 0 Å². The van der Waals surface area contributed by atoms with Gasteiger partial charge in [0.2, 0.25) is 10.0 Å². The average molecular weight is 468 g/mol. The molecule has 1 aliphatic rings. The molecule has 2 aromatic carbocycles. The van der Waals surface area contributed by atoms with Crippen molar-refractivity contribution in [1.82, 2.24) is 14.5 Å². The number of benzene rings is 2. The van der Waals surface area contributed by atoms with Crippen LogP contribution in [0.1, 0.15) is 5.56 Å². The van der Waals surface area contributed by atoms with Crippen LogP contribution in [0.3, 0.4) is 0 Å². The fourth-order valence-electron chi connectivity index (χ4n) is 3.36. The van der Waals surface area contributed by atoms with Gasteiger partial charge >= 0.3 is 6.03 Å². The molecule has 0 bridgehead atoms. The molecule has 1 N–H and O–H groups in total. The van der Waals surface area contributed by atoms with Gasteiger partial charge in [-0.05, 0) is 42.3 Å². The van der Waals surface area contributed by atoms with Gasteiger partial charge in [-0.2, -0.15) is 4.31 Å². The topological polar surface area (TPSA) is 88.2 Å². The quantitative estimate of drug-likeness (QED) is 0.676. The lowest BCUT2D eigenvalue weighted by molar-refractivity contribution is 0.172. The summed E-state index contributed by atoms with van der Waals surface area (Å²) in [7, 11) is -0.418. The minimum absolute atomic E-state index is 0.197. The number of piperazine rings is 1. The van der Waals surface area contributed by atoms with Crippen LogP contribution in [0, 0.1) is 0 Å². The molecule has 0 aromatic heterocycles. The Balaban J connectivity index is 1.50. The fraction of sp³-hybridized carbons (Fsp3) is 0.381. The van der Waals surface area contributed by atoms with Gasteiger partial charge in [-0.15, -0.1) is 0 Å². The maximum Gasteiger partial charge on any atom is 0.317 e. The van der Waals surface area contributed by atoms with E-state index >= 15 is 0 Å². The molecule has 0 aliphatic carbocycles. The molecular formula is C21H26ClN3O5S. The Hall–Kier alpha value is -2.49. The molecule has 2 amide bonds. The smallest absolute Gasteiger partial charge is 0.317 e. The highest BCUT2D eigenvalue weighted by Crippen LogP contribution is 2.25. The third-order valence-electron chi connectivity index (χ3n) is 5.14. The highest BCUT2D eigenvalue weighted by Gasteiger charge is 2.30. The molecule has 1 heterocycles. The second-order valence-electron chi connectivity index (χ2n) is 7.00. The predicted octanol–water partition coefficient (Wildman–Crippen LogP) is 2.62. The normalized spacial score (nSPS) is 14.9. The lowest BCUT2D eigenvalue weighted by atomic mass is 10.1. The van der Waals surface area contributed by atoms with Crippen molar-refractivity contribution in [2.24, 2.45) is 0 Å². The van der Waals surface area contributed by atoms with Crippen molar-refractivity contribution < 1.29 is 22.7 Å². The number of urea groups is 1. The zero-order chi connectivity index (χ0) is 22.4. The number of hydrogen-bond donors (Lipinski definition) is 1. The number of nitrogens with zero attached hydrogens (tertiary/aromatic N) is 2. The molecule has 0 saturated carbocycles. The maximum atomic E-state index is 12.8. The summed E-state index contributed by atoms with van der Waals surface area (Å²) in [5, 5.41) is 3.37. The Morgan fingerprint density at radius 1 is 1.03 bits per heavy atom. The van der Waals surface area contributed by atoms with E-state index in [2.05, 4.69) is 5.32 Å². The molecule has 3 rings (SSSR count). The van der Waals surface area contributed by atoms with Crippen LogP contribution in [-0.2, 0) is 16.4 Å². The molecule has 2 aromatic rings. The molecule has 0 atom stereocenters. The van der Waals surface area contributed by atoms with Gasteiger partial charge in [0.05, 0.1) is 19.1 Å². The second-order valence-corrected chi connectivity index (χ2v) is 9.38. The highest BCUT2D eigenvalue weighted by molar-refractivity contribution is 7.89. The fourth-order valence-corrected chi connectivity index (χ4v) is 4.91. The van der Waals surface area contributed by atoms with Gasteiger partial charge in [0.15, 0.2) is 0 Å². The number of carbonyl (C=O) groups is 1. The van der Waals surface area contributed by atoms with Crippen LogP contribution in [0.4, 0.5) is 4.79 Å². The van der Waals surface area contributed by atoms with Crippen molar-refractivity contribution in [3.63, 3.8) is 0 Å². The molecule has 0 radical (unpaired) electrons. The van der Waals surface area contributed by atoms with Gasteiger partial charge in [-0.1, -0.05) is 17.7 Å². The summed E-state index contributed by atoms with van der Waals surface area (Å²) >= 11 is 5.84. The Morgan fingerprint density at radius 2 is 1.71 bits per heavy atom. The van der Waals surface area contributed by atoms with Gasteiger partial charge in [0.1, 0.15) is 11.5 Å². The molecule has 1 aliphatic heterocycles. The van der Waals surface area contributed by atoms with E-state index in [4.69, 9.17) is 21.1 Å². The summed E-state index contributed by atoms with van der Waals surface area (Å²) in [6.07, 6.45) is 0.601. The molecule has 168 valence electrons. The Kier molecular flexibility index (Phi) is 7.64. The van der Waals surface area contributed by atoms with Gasteiger partial charge < -0.3 is 19.7 Å². The summed E-state index contributed by atoms with van der Waals surface area (Å²) in [4.78, 5) is 14.3. The van der Waals surface area contributed by atoms with E-state index in [0.717, 1.165) is 5.56 Å². The number of halogens is 1. The number of hydrogen-bond acceptors (Lipinski definition) is 5. The molecule has 8 nitrogen and oxygen atoms in total. The van der Waals surface area contributed by atoms with Gasteiger partial charge in [-0.25, -0.2) is 13.2 Å². The van der Waals surface area contributed by atoms with Gasteiger partial charge in [0.25, 0.3) is 0 Å². The van der Waals surface area contributed by atoms with E-state index in [1.54, 1.807) is 37.3 Å². The SMILES string of the molecule is COc1ccc(CCNC(=O)N2CCN(S(=O)(=O)c3ccc(Cl)cc3)CC2)c(OC)c1. The lowest BCUT2D eigenvalue weighted by Crippen LogP contribution is -2.53. The van der Waals surface area contributed by atoms with Crippen LogP contribution in [0.5, 0.6) is 11.5 Å². The van der Waals surface area contributed by atoms with E-state index in [1.807, 2.05) is 12.1 Å². The summed E-state index contributed by atoms with van der Waals surface area (Å²) in [5.74, 6) is 1.41. The number of amides is 2. The highest BCUT2D eigenvalue weighted by atomic mass is 35.5. The minimum atomic E-state index is -3.60. The molecule has 10 heteroatoms. The largest absolute Gasteiger partial charge is 0.497 e. The van der Waals surface area contributed by atoms with Gasteiger partial charge in [0, 0.05) is 43.8 Å². The first-order valence-corrected chi connectivity index (χ1v) is 11.7. The van der Waals surface area contributed by atoms with Crippen LogP contribution in [0.15, 0.2) is 47.4 Å². The Labute approximate surface area is 187 Å². The first kappa shape index (κ1) is 23.2. The second kappa shape index (κ2) is 10.2. The molecule has 1 fully saturated rings. The number of carbonyl (C=O) groups excluding carboxylic acids is 1. The van der Waals surface area contributed by atoms with E-state index in [1.165, 1.54) is 16.4 Å². The summed E-state index contributed by atoms with van der Waals surface area (Å²) in [6, 6.07) is 11.4. The van der Waals surface area contributed by atoms with Crippen LogP contribution in [-0.4, -0.2) is 70.6 Å². The zero-order valence-corrected chi connectivity index (χ0v) is 19.1. The van der Waals surface area contributed by atoms with Crippen molar-refractivity contribution in [2.45, 2.75) is 11.3 Å². The van der Waals surface area contributed by atoms with E-state index < -0.39 is 10.0 Å². The molecule has 31 heavy (non-hydrogen) atoms. The summed E-state index contributed by atoms with van der Waals surface area (Å²) in [6.45, 7) is 1.56. The van der Waals surface area contributed by atoms with Crippen LogP contribution in [0.2, 0.25) is 5.02 Å². The molecule has 0 unspecified atom stereocenters. The number of nitrogens with one attached hydrogen (secondary N) is 1. The number of methoxy groups -OCH3 is 2. The maximum absolute atomic E-state index is 12.8. The van der Waals surface area contributed by atoms with Gasteiger partial charge in [-0.3, -0.25) is 0 Å². The summed E-state index contributed by atoms with van der Waals surface area (Å²) in [5.41, 5.74) is 0.961. The third kappa shape index (κ3) is 5.61. The average Bonchev–Trinajstić information content (AvgIpc) is 2.79. The monoisotopic (exact) mass is 467 g/mol. The molecule has 1 saturated heterocycles. The van der Waals surface area contributed by atoms with Crippen LogP contribution < -0.4 is 14.8 Å². The standard InChI is InChI=1S/C21H26ClN3O5S/c1-29-18-6-3-16(20(15-18)30-2)9-10-23-21(26)24-11-13-25(14-12-24)31(27,28)19-7-4-17(22)5-8-19/h3-8,15H,9-14H2,1-2H3,(H,23,26). The lowest BCUT2D eigenvalue weighted by Gasteiger charge is -2.34. The van der Waals surface area contributed by atoms with Crippen molar-refractivity contribution in [3.8, 4) is 11.5 Å². The number of sulfonamides is 1. The van der Waals surface area contributed by atoms with Crippen molar-refractivity contribution in [2.75, 3.05) is 46.9 Å². The molecule has 0 spiro atoms. The Morgan fingerprint density at radius 3 is 2.32 bits per heavy atom. The third-order valence-corrected chi connectivity index (χ3v) is 7.31. The minimum Gasteiger partial charge on any atom is -0.497 e. The molecular weight excluding hydrogens is 442 g/mol. The first-order valence-electron chi connectivity index (χ1n) is 9.84. The zero-order valence-electron chi connectivity index (χ0n) is 17.5. The predicted molar refractivity (Wildman–Crippen MR) is 118 cm³/mol. The van der Waals surface area contributed by atoms with Crippen molar-refractivity contribution >= 4 is 27.7 Å². The summed E-state index contributed by atoms with van der Waals surface area (Å²) < 4.78 is 37.5. The van der Waals surface area contributed by atoms with Crippen molar-refractivity contribution in [3.05, 3.63) is 53.1 Å². The van der Waals surface area contributed by atoms with E-state index in [0.29, 0.717) is 42.6 Å². The van der Waals surface area contributed by atoms with Crippen LogP contribution >= 0.6 is 11.6 Å².